The van der Waals surface area contributed by atoms with Crippen LogP contribution >= 0.6 is 0 Å². The Bertz CT molecular complexity index is 767. The first-order valence-electron chi connectivity index (χ1n) is 12.7. The van der Waals surface area contributed by atoms with Gasteiger partial charge in [-0.05, 0) is 63.2 Å². The minimum atomic E-state index is -0.862. The number of piperidine rings is 1. The van der Waals surface area contributed by atoms with Gasteiger partial charge in [0.05, 0.1) is 5.92 Å². The van der Waals surface area contributed by atoms with Crippen LogP contribution in [0.25, 0.3) is 0 Å². The Morgan fingerprint density at radius 2 is 1.85 bits per heavy atom. The number of rotatable bonds is 6. The topological polar surface area (TPSA) is 98.8 Å². The Labute approximate surface area is 198 Å². The van der Waals surface area contributed by atoms with Crippen molar-refractivity contribution in [3.63, 3.8) is 0 Å². The molecule has 2 atom stereocenters. The standard InChI is InChI=1S/C25H42N4O4/c1-6-8-17(2)26-21(31)18-9-7-14-28(15-18)20(30)16-29-22(32)25(27-23(29)33)12-10-19(11-13-25)24(3,4)5/h17-19H,6-16H2,1-5H3,(H,26,31)(H,27,33)/t17-,18-,19?,25?/m1/s1. The molecule has 3 fully saturated rings. The average Bonchev–Trinajstić information content (AvgIpc) is 2.97. The van der Waals surface area contributed by atoms with Gasteiger partial charge < -0.3 is 15.5 Å². The predicted molar refractivity (Wildman–Crippen MR) is 126 cm³/mol. The van der Waals surface area contributed by atoms with Crippen molar-refractivity contribution in [3.8, 4) is 0 Å². The summed E-state index contributed by atoms with van der Waals surface area (Å²) in [6, 6.07) is -0.355. The molecule has 0 unspecified atom stereocenters. The molecule has 0 aromatic heterocycles. The summed E-state index contributed by atoms with van der Waals surface area (Å²) in [6.07, 6.45) is 6.41. The zero-order valence-corrected chi connectivity index (χ0v) is 21.0. The molecule has 33 heavy (non-hydrogen) atoms. The van der Waals surface area contributed by atoms with E-state index in [0.717, 1.165) is 43.4 Å². The number of carbonyl (C=O) groups excluding carboxylic acids is 4. The Kier molecular flexibility index (Phi) is 7.74. The first-order valence-corrected chi connectivity index (χ1v) is 12.7. The van der Waals surface area contributed by atoms with Crippen molar-refractivity contribution in [3.05, 3.63) is 0 Å². The van der Waals surface area contributed by atoms with Crippen LogP contribution in [0.4, 0.5) is 4.79 Å². The summed E-state index contributed by atoms with van der Waals surface area (Å²) < 4.78 is 0. The predicted octanol–water partition coefficient (Wildman–Crippen LogP) is 3.06. The van der Waals surface area contributed by atoms with E-state index in [1.165, 1.54) is 0 Å². The SMILES string of the molecule is CCC[C@@H](C)NC(=O)[C@@H]1CCCN(C(=O)CN2C(=O)NC3(CCC(C(C)(C)C)CC3)C2=O)C1. The molecule has 3 rings (SSSR count). The lowest BCUT2D eigenvalue weighted by Gasteiger charge is -2.40. The highest BCUT2D eigenvalue weighted by molar-refractivity contribution is 6.09. The number of urea groups is 1. The van der Waals surface area contributed by atoms with Crippen LogP contribution in [0, 0.1) is 17.3 Å². The monoisotopic (exact) mass is 462 g/mol. The van der Waals surface area contributed by atoms with Crippen molar-refractivity contribution in [2.24, 2.45) is 17.3 Å². The molecule has 2 aliphatic heterocycles. The molecule has 0 aromatic carbocycles. The minimum Gasteiger partial charge on any atom is -0.353 e. The van der Waals surface area contributed by atoms with Crippen molar-refractivity contribution in [2.45, 2.75) is 97.6 Å². The molecule has 186 valence electrons. The maximum atomic E-state index is 13.2. The fourth-order valence-corrected chi connectivity index (χ4v) is 5.65. The first-order chi connectivity index (χ1) is 15.5. The van der Waals surface area contributed by atoms with Gasteiger partial charge in [0.1, 0.15) is 12.1 Å². The summed E-state index contributed by atoms with van der Waals surface area (Å²) in [6.45, 7) is 11.4. The van der Waals surface area contributed by atoms with E-state index in [9.17, 15) is 19.2 Å². The van der Waals surface area contributed by atoms with Gasteiger partial charge in [0.25, 0.3) is 5.91 Å². The van der Waals surface area contributed by atoms with Crippen LogP contribution in [0.3, 0.4) is 0 Å². The van der Waals surface area contributed by atoms with Gasteiger partial charge in [0, 0.05) is 19.1 Å². The maximum absolute atomic E-state index is 13.2. The second-order valence-corrected chi connectivity index (χ2v) is 11.4. The van der Waals surface area contributed by atoms with E-state index in [4.69, 9.17) is 0 Å². The summed E-state index contributed by atoms with van der Waals surface area (Å²) in [5, 5.41) is 5.96. The molecular formula is C25H42N4O4. The van der Waals surface area contributed by atoms with E-state index in [-0.39, 0.29) is 41.6 Å². The largest absolute Gasteiger partial charge is 0.353 e. The highest BCUT2D eigenvalue weighted by atomic mass is 16.2. The Morgan fingerprint density at radius 3 is 2.45 bits per heavy atom. The van der Waals surface area contributed by atoms with Crippen LogP contribution in [0.2, 0.25) is 0 Å². The van der Waals surface area contributed by atoms with Crippen LogP contribution in [0.15, 0.2) is 0 Å². The molecule has 2 N–H and O–H groups in total. The molecule has 1 saturated carbocycles. The third kappa shape index (κ3) is 5.69. The number of nitrogens with one attached hydrogen (secondary N) is 2. The van der Waals surface area contributed by atoms with E-state index < -0.39 is 11.6 Å². The number of hydrogen-bond donors (Lipinski definition) is 2. The smallest absolute Gasteiger partial charge is 0.325 e. The van der Waals surface area contributed by atoms with Crippen LogP contribution in [-0.2, 0) is 14.4 Å². The Hall–Kier alpha value is -2.12. The summed E-state index contributed by atoms with van der Waals surface area (Å²) in [4.78, 5) is 54.3. The van der Waals surface area contributed by atoms with Crippen LogP contribution in [-0.4, -0.2) is 64.8 Å². The van der Waals surface area contributed by atoms with Gasteiger partial charge in [-0.15, -0.1) is 0 Å². The van der Waals surface area contributed by atoms with Gasteiger partial charge in [0.15, 0.2) is 0 Å². The van der Waals surface area contributed by atoms with E-state index in [0.29, 0.717) is 31.8 Å². The molecule has 2 heterocycles. The lowest BCUT2D eigenvalue weighted by molar-refractivity contribution is -0.142. The molecule has 0 radical (unpaired) electrons. The summed E-state index contributed by atoms with van der Waals surface area (Å²) in [7, 11) is 0. The third-order valence-electron chi connectivity index (χ3n) is 7.86. The normalized spacial score (nSPS) is 29.2. The minimum absolute atomic E-state index is 0.0157. The van der Waals surface area contributed by atoms with E-state index in [1.54, 1.807) is 4.90 Å². The third-order valence-corrected chi connectivity index (χ3v) is 7.86. The number of imide groups is 1. The van der Waals surface area contributed by atoms with Crippen molar-refractivity contribution < 1.29 is 19.2 Å². The Morgan fingerprint density at radius 1 is 1.18 bits per heavy atom. The summed E-state index contributed by atoms with van der Waals surface area (Å²) in [5.74, 6) is -0.284. The van der Waals surface area contributed by atoms with Crippen LogP contribution < -0.4 is 10.6 Å². The second kappa shape index (κ2) is 10.0. The maximum Gasteiger partial charge on any atom is 0.325 e. The molecule has 0 aromatic rings. The van der Waals surface area contributed by atoms with Gasteiger partial charge in [0.2, 0.25) is 11.8 Å². The van der Waals surface area contributed by atoms with Gasteiger partial charge in [-0.2, -0.15) is 0 Å². The lowest BCUT2D eigenvalue weighted by Crippen LogP contribution is -2.52. The first kappa shape index (κ1) is 25.5. The van der Waals surface area contributed by atoms with Crippen molar-refractivity contribution in [2.75, 3.05) is 19.6 Å². The highest BCUT2D eigenvalue weighted by Gasteiger charge is 2.53. The van der Waals surface area contributed by atoms with Crippen molar-refractivity contribution in [1.82, 2.24) is 20.4 Å². The van der Waals surface area contributed by atoms with Crippen molar-refractivity contribution in [1.29, 1.82) is 0 Å². The van der Waals surface area contributed by atoms with E-state index in [2.05, 4.69) is 38.3 Å². The van der Waals surface area contributed by atoms with E-state index >= 15 is 0 Å². The quantitative estimate of drug-likeness (QED) is 0.593. The molecule has 0 bridgehead atoms. The number of nitrogens with zero attached hydrogens (tertiary/aromatic N) is 2. The van der Waals surface area contributed by atoms with Gasteiger partial charge in [-0.1, -0.05) is 34.1 Å². The number of carbonyl (C=O) groups is 4. The molecule has 2 saturated heterocycles. The second-order valence-electron chi connectivity index (χ2n) is 11.4. The molecule has 8 heteroatoms. The molecule has 1 aliphatic carbocycles. The lowest BCUT2D eigenvalue weighted by atomic mass is 9.67. The number of hydrogen-bond acceptors (Lipinski definition) is 4. The van der Waals surface area contributed by atoms with Gasteiger partial charge >= 0.3 is 6.03 Å². The fraction of sp³-hybridized carbons (Fsp3) is 0.840. The zero-order valence-electron chi connectivity index (χ0n) is 21.0. The van der Waals surface area contributed by atoms with Crippen LogP contribution in [0.1, 0.15) is 86.0 Å². The van der Waals surface area contributed by atoms with Gasteiger partial charge in [-0.3, -0.25) is 19.3 Å². The van der Waals surface area contributed by atoms with Crippen LogP contribution in [0.5, 0.6) is 0 Å². The molecule has 3 aliphatic rings. The molecular weight excluding hydrogens is 420 g/mol. The molecule has 1 spiro atoms. The average molecular weight is 463 g/mol. The highest BCUT2D eigenvalue weighted by Crippen LogP contribution is 2.43. The van der Waals surface area contributed by atoms with Crippen molar-refractivity contribution >= 4 is 23.8 Å². The zero-order chi connectivity index (χ0) is 24.4. The summed E-state index contributed by atoms with van der Waals surface area (Å²) >= 11 is 0. The number of likely N-dealkylation sites (tertiary alicyclic amines) is 1. The molecule has 5 amide bonds. The molecule has 8 nitrogen and oxygen atoms in total. The summed E-state index contributed by atoms with van der Waals surface area (Å²) in [5.41, 5.74) is -0.687. The van der Waals surface area contributed by atoms with E-state index in [1.807, 2.05) is 6.92 Å². The fourth-order valence-electron chi connectivity index (χ4n) is 5.65. The number of amides is 5. The Balaban J connectivity index is 1.57. The van der Waals surface area contributed by atoms with Gasteiger partial charge in [-0.25, -0.2) is 4.79 Å².